The van der Waals surface area contributed by atoms with Crippen molar-refractivity contribution in [2.75, 3.05) is 13.7 Å². The first-order valence-corrected chi connectivity index (χ1v) is 7.34. The highest BCUT2D eigenvalue weighted by Gasteiger charge is 2.48. The minimum atomic E-state index is -0.823. The van der Waals surface area contributed by atoms with Gasteiger partial charge in [0.05, 0.1) is 18.5 Å². The van der Waals surface area contributed by atoms with Crippen LogP contribution in [-0.2, 0) is 27.2 Å². The summed E-state index contributed by atoms with van der Waals surface area (Å²) in [5, 5.41) is 10.8. The molecule has 0 radical (unpaired) electrons. The van der Waals surface area contributed by atoms with Crippen LogP contribution in [0.3, 0.4) is 0 Å². The third-order valence-corrected chi connectivity index (χ3v) is 4.75. The SMILES string of the molecule is COC(=O)C1(C)CCCN1C(=O)C1CCc2n[nH]nc2C1. The van der Waals surface area contributed by atoms with Crippen LogP contribution in [0.5, 0.6) is 0 Å². The van der Waals surface area contributed by atoms with Crippen molar-refractivity contribution in [3.63, 3.8) is 0 Å². The molecule has 1 aromatic rings. The molecule has 0 bridgehead atoms. The third-order valence-electron chi connectivity index (χ3n) is 4.75. The molecule has 2 unspecified atom stereocenters. The van der Waals surface area contributed by atoms with Gasteiger partial charge < -0.3 is 9.64 Å². The number of carbonyl (C=O) groups is 2. The molecule has 1 amide bonds. The van der Waals surface area contributed by atoms with Crippen molar-refractivity contribution >= 4 is 11.9 Å². The van der Waals surface area contributed by atoms with Crippen molar-refractivity contribution in [1.29, 1.82) is 0 Å². The number of aryl methyl sites for hydroxylation is 1. The van der Waals surface area contributed by atoms with Gasteiger partial charge in [0.1, 0.15) is 5.54 Å². The maximum absolute atomic E-state index is 12.8. The second kappa shape index (κ2) is 5.13. The lowest BCUT2D eigenvalue weighted by atomic mass is 9.87. The van der Waals surface area contributed by atoms with Crippen LogP contribution in [0.2, 0.25) is 0 Å². The van der Waals surface area contributed by atoms with Crippen LogP contribution < -0.4 is 0 Å². The Morgan fingerprint density at radius 3 is 2.90 bits per heavy atom. The zero-order valence-electron chi connectivity index (χ0n) is 12.4. The fraction of sp³-hybridized carbons (Fsp3) is 0.714. The number of aromatic amines is 1. The van der Waals surface area contributed by atoms with Crippen molar-refractivity contribution in [2.45, 2.75) is 44.6 Å². The highest BCUT2D eigenvalue weighted by atomic mass is 16.5. The predicted octanol–water partition coefficient (Wildman–Crippen LogP) is 0.464. The Bertz CT molecular complexity index is 570. The second-order valence-electron chi connectivity index (χ2n) is 6.02. The van der Waals surface area contributed by atoms with Gasteiger partial charge in [-0.05, 0) is 32.6 Å². The van der Waals surface area contributed by atoms with Crippen LogP contribution in [-0.4, -0.2) is 51.4 Å². The molecule has 2 heterocycles. The molecular weight excluding hydrogens is 272 g/mol. The molecule has 1 saturated heterocycles. The van der Waals surface area contributed by atoms with Crippen LogP contribution in [0.4, 0.5) is 0 Å². The van der Waals surface area contributed by atoms with Crippen molar-refractivity contribution in [3.05, 3.63) is 11.4 Å². The van der Waals surface area contributed by atoms with Crippen LogP contribution in [0.15, 0.2) is 0 Å². The van der Waals surface area contributed by atoms with Crippen LogP contribution in [0.1, 0.15) is 37.6 Å². The number of hydrogen-bond acceptors (Lipinski definition) is 5. The van der Waals surface area contributed by atoms with E-state index in [-0.39, 0.29) is 17.8 Å². The van der Waals surface area contributed by atoms with Crippen LogP contribution >= 0.6 is 0 Å². The lowest BCUT2D eigenvalue weighted by Gasteiger charge is -2.35. The number of likely N-dealkylation sites (tertiary alicyclic amines) is 1. The number of fused-ring (bicyclic) bond motifs is 1. The molecule has 7 heteroatoms. The summed E-state index contributed by atoms with van der Waals surface area (Å²) in [5.41, 5.74) is 1.01. The number of hydrogen-bond donors (Lipinski definition) is 1. The fourth-order valence-corrected chi connectivity index (χ4v) is 3.46. The number of aromatic nitrogens is 3. The topological polar surface area (TPSA) is 88.2 Å². The van der Waals surface area contributed by atoms with Gasteiger partial charge in [0.25, 0.3) is 0 Å². The monoisotopic (exact) mass is 292 g/mol. The highest BCUT2D eigenvalue weighted by Crippen LogP contribution is 2.34. The van der Waals surface area contributed by atoms with E-state index >= 15 is 0 Å². The molecule has 1 aliphatic carbocycles. The molecule has 1 aromatic heterocycles. The van der Waals surface area contributed by atoms with Gasteiger partial charge in [-0.3, -0.25) is 4.79 Å². The van der Waals surface area contributed by atoms with Crippen molar-refractivity contribution in [1.82, 2.24) is 20.3 Å². The van der Waals surface area contributed by atoms with Crippen molar-refractivity contribution in [2.24, 2.45) is 5.92 Å². The normalized spacial score (nSPS) is 28.3. The Morgan fingerprint density at radius 1 is 1.38 bits per heavy atom. The number of methoxy groups -OCH3 is 1. The number of H-pyrrole nitrogens is 1. The Morgan fingerprint density at radius 2 is 2.14 bits per heavy atom. The van der Waals surface area contributed by atoms with Gasteiger partial charge in [-0.2, -0.15) is 15.4 Å². The van der Waals surface area contributed by atoms with Gasteiger partial charge >= 0.3 is 5.97 Å². The number of amides is 1. The Labute approximate surface area is 123 Å². The lowest BCUT2D eigenvalue weighted by molar-refractivity contribution is -0.159. The van der Waals surface area contributed by atoms with E-state index in [0.717, 1.165) is 30.7 Å². The van der Waals surface area contributed by atoms with Gasteiger partial charge in [0.2, 0.25) is 5.91 Å². The molecule has 0 aromatic carbocycles. The Balaban J connectivity index is 1.78. The third kappa shape index (κ3) is 2.20. The molecule has 7 nitrogen and oxygen atoms in total. The molecule has 3 rings (SSSR count). The molecule has 21 heavy (non-hydrogen) atoms. The highest BCUT2D eigenvalue weighted by molar-refractivity contribution is 5.89. The second-order valence-corrected chi connectivity index (χ2v) is 6.02. The maximum atomic E-state index is 12.8. The zero-order chi connectivity index (χ0) is 15.0. The van der Waals surface area contributed by atoms with E-state index in [1.165, 1.54) is 7.11 Å². The molecule has 0 saturated carbocycles. The fourth-order valence-electron chi connectivity index (χ4n) is 3.46. The Hall–Kier alpha value is -1.92. The maximum Gasteiger partial charge on any atom is 0.331 e. The van der Waals surface area contributed by atoms with Gasteiger partial charge in [-0.1, -0.05) is 0 Å². The van der Waals surface area contributed by atoms with Gasteiger partial charge in [-0.15, -0.1) is 0 Å². The van der Waals surface area contributed by atoms with Crippen LogP contribution in [0.25, 0.3) is 0 Å². The predicted molar refractivity (Wildman–Crippen MR) is 73.3 cm³/mol. The number of nitrogens with one attached hydrogen (secondary N) is 1. The standard InChI is InChI=1S/C14H20N4O3/c1-14(13(20)21-2)6-3-7-18(14)12(19)9-4-5-10-11(8-9)16-17-15-10/h9H,3-8H2,1-2H3,(H,15,16,17). The summed E-state index contributed by atoms with van der Waals surface area (Å²) >= 11 is 0. The minimum Gasteiger partial charge on any atom is -0.467 e. The first-order chi connectivity index (χ1) is 10.1. The molecule has 1 fully saturated rings. The van der Waals surface area contributed by atoms with Gasteiger partial charge in [-0.25, -0.2) is 4.79 Å². The largest absolute Gasteiger partial charge is 0.467 e. The molecule has 114 valence electrons. The molecular formula is C14H20N4O3. The number of esters is 1. The average Bonchev–Trinajstić information content (AvgIpc) is 3.11. The number of nitrogens with zero attached hydrogens (tertiary/aromatic N) is 3. The van der Waals surface area contributed by atoms with E-state index in [0.29, 0.717) is 19.4 Å². The van der Waals surface area contributed by atoms with Crippen LogP contribution in [0, 0.1) is 5.92 Å². The van der Waals surface area contributed by atoms with Crippen molar-refractivity contribution in [3.8, 4) is 0 Å². The molecule has 2 atom stereocenters. The quantitative estimate of drug-likeness (QED) is 0.800. The smallest absolute Gasteiger partial charge is 0.331 e. The molecule has 2 aliphatic rings. The first kappa shape index (κ1) is 14.0. The van der Waals surface area contributed by atoms with Gasteiger partial charge in [0, 0.05) is 18.9 Å². The summed E-state index contributed by atoms with van der Waals surface area (Å²) in [4.78, 5) is 26.6. The minimum absolute atomic E-state index is 0.0362. The van der Waals surface area contributed by atoms with E-state index < -0.39 is 5.54 Å². The summed E-state index contributed by atoms with van der Waals surface area (Å²) in [6, 6.07) is 0. The molecule has 0 spiro atoms. The summed E-state index contributed by atoms with van der Waals surface area (Å²) in [5.74, 6) is -0.412. The summed E-state index contributed by atoms with van der Waals surface area (Å²) in [6.07, 6.45) is 3.60. The summed E-state index contributed by atoms with van der Waals surface area (Å²) in [7, 11) is 1.37. The number of carbonyl (C=O) groups excluding carboxylic acids is 2. The van der Waals surface area contributed by atoms with E-state index in [2.05, 4.69) is 15.4 Å². The Kier molecular flexibility index (Phi) is 3.43. The molecule has 1 aliphatic heterocycles. The number of ether oxygens (including phenoxy) is 1. The average molecular weight is 292 g/mol. The van der Waals surface area contributed by atoms with Gasteiger partial charge in [0.15, 0.2) is 0 Å². The lowest BCUT2D eigenvalue weighted by Crippen LogP contribution is -2.53. The number of rotatable bonds is 2. The van der Waals surface area contributed by atoms with E-state index in [4.69, 9.17) is 4.74 Å². The van der Waals surface area contributed by atoms with E-state index in [9.17, 15) is 9.59 Å². The summed E-state index contributed by atoms with van der Waals surface area (Å²) in [6.45, 7) is 2.42. The molecule has 1 N–H and O–H groups in total. The zero-order valence-corrected chi connectivity index (χ0v) is 12.4. The summed E-state index contributed by atoms with van der Waals surface area (Å²) < 4.78 is 4.89. The van der Waals surface area contributed by atoms with E-state index in [1.807, 2.05) is 0 Å². The first-order valence-electron chi connectivity index (χ1n) is 7.34. The van der Waals surface area contributed by atoms with E-state index in [1.54, 1.807) is 11.8 Å². The van der Waals surface area contributed by atoms with Crippen molar-refractivity contribution < 1.29 is 14.3 Å².